The quantitative estimate of drug-likeness (QED) is 0.772. The van der Waals surface area contributed by atoms with Gasteiger partial charge in [0.25, 0.3) is 5.91 Å². The predicted octanol–water partition coefficient (Wildman–Crippen LogP) is 4.10. The molecule has 0 aliphatic carbocycles. The fourth-order valence-electron chi connectivity index (χ4n) is 3.57. The zero-order chi connectivity index (χ0) is 21.5. The molecular formula is C21H20F3N3O2S. The number of piperazine rings is 1. The summed E-state index contributed by atoms with van der Waals surface area (Å²) in [6.07, 6.45) is -4.38. The Labute approximate surface area is 176 Å². The molecule has 2 aliphatic rings. The topological polar surface area (TPSA) is 52.7 Å². The number of carbonyl (C=O) groups excluding carboxylic acids is 2. The molecule has 158 valence electrons. The zero-order valence-electron chi connectivity index (χ0n) is 16.2. The maximum absolute atomic E-state index is 13.0. The van der Waals surface area contributed by atoms with Gasteiger partial charge in [-0.3, -0.25) is 9.59 Å². The standard InChI is InChI=1S/C21H20F3N3O2S/c1-13-19(28)25-17-11-14(5-6-18(17)30-13)20(29)27-9-7-26(8-10-27)16-4-2-3-15(12-16)21(22,23)24/h2-6,11-13H,7-10H2,1H3,(H,25,28). The van der Waals surface area contributed by atoms with Gasteiger partial charge in [0, 0.05) is 42.3 Å². The van der Waals surface area contributed by atoms with Crippen LogP contribution in [-0.2, 0) is 11.0 Å². The van der Waals surface area contributed by atoms with Crippen LogP contribution in [0.25, 0.3) is 0 Å². The molecule has 0 radical (unpaired) electrons. The molecule has 2 amide bonds. The van der Waals surface area contributed by atoms with Crippen molar-refractivity contribution >= 4 is 35.0 Å². The van der Waals surface area contributed by atoms with Crippen LogP contribution in [0.4, 0.5) is 24.5 Å². The van der Waals surface area contributed by atoms with Crippen LogP contribution in [0.3, 0.4) is 0 Å². The average Bonchev–Trinajstić information content (AvgIpc) is 2.73. The number of thioether (sulfide) groups is 1. The second-order valence-corrected chi connectivity index (χ2v) is 8.67. The van der Waals surface area contributed by atoms with Crippen molar-refractivity contribution in [3.63, 3.8) is 0 Å². The van der Waals surface area contributed by atoms with Gasteiger partial charge < -0.3 is 15.1 Å². The molecule has 1 fully saturated rings. The molecule has 1 unspecified atom stereocenters. The molecule has 0 saturated carbocycles. The Hall–Kier alpha value is -2.68. The van der Waals surface area contributed by atoms with Gasteiger partial charge in [-0.15, -0.1) is 11.8 Å². The number of nitrogens with one attached hydrogen (secondary N) is 1. The summed E-state index contributed by atoms with van der Waals surface area (Å²) in [4.78, 5) is 29.3. The number of rotatable bonds is 2. The van der Waals surface area contributed by atoms with E-state index in [1.165, 1.54) is 17.8 Å². The molecule has 0 spiro atoms. The normalized spacial score (nSPS) is 19.3. The number of amides is 2. The van der Waals surface area contributed by atoms with Crippen LogP contribution in [-0.4, -0.2) is 48.1 Å². The van der Waals surface area contributed by atoms with Crippen molar-refractivity contribution in [2.75, 3.05) is 36.4 Å². The molecule has 2 heterocycles. The van der Waals surface area contributed by atoms with E-state index in [1.807, 2.05) is 17.9 Å². The van der Waals surface area contributed by atoms with Crippen molar-refractivity contribution in [3.8, 4) is 0 Å². The highest BCUT2D eigenvalue weighted by Gasteiger charge is 2.31. The minimum Gasteiger partial charge on any atom is -0.368 e. The largest absolute Gasteiger partial charge is 0.416 e. The highest BCUT2D eigenvalue weighted by Crippen LogP contribution is 2.36. The number of anilines is 2. The van der Waals surface area contributed by atoms with Gasteiger partial charge in [0.05, 0.1) is 16.5 Å². The Morgan fingerprint density at radius 3 is 2.53 bits per heavy atom. The summed E-state index contributed by atoms with van der Waals surface area (Å²) in [5.74, 6) is -0.244. The van der Waals surface area contributed by atoms with Crippen LogP contribution in [0, 0.1) is 0 Å². The first-order chi connectivity index (χ1) is 14.2. The predicted molar refractivity (Wildman–Crippen MR) is 110 cm³/mol. The highest BCUT2D eigenvalue weighted by molar-refractivity contribution is 8.00. The Bertz CT molecular complexity index is 988. The Kier molecular flexibility index (Phi) is 5.40. The first-order valence-corrected chi connectivity index (χ1v) is 10.4. The van der Waals surface area contributed by atoms with Crippen molar-refractivity contribution in [3.05, 3.63) is 53.6 Å². The van der Waals surface area contributed by atoms with E-state index in [1.54, 1.807) is 23.1 Å². The van der Waals surface area contributed by atoms with E-state index in [2.05, 4.69) is 5.32 Å². The van der Waals surface area contributed by atoms with Crippen LogP contribution in [0.1, 0.15) is 22.8 Å². The van der Waals surface area contributed by atoms with Crippen molar-refractivity contribution in [2.45, 2.75) is 23.2 Å². The third-order valence-corrected chi connectivity index (χ3v) is 6.44. The summed E-state index contributed by atoms with van der Waals surface area (Å²) in [6.45, 7) is 3.53. The van der Waals surface area contributed by atoms with Gasteiger partial charge in [-0.25, -0.2) is 0 Å². The number of fused-ring (bicyclic) bond motifs is 1. The van der Waals surface area contributed by atoms with Gasteiger partial charge in [0.15, 0.2) is 0 Å². The van der Waals surface area contributed by atoms with E-state index < -0.39 is 11.7 Å². The van der Waals surface area contributed by atoms with Gasteiger partial charge in [0.2, 0.25) is 5.91 Å². The average molecular weight is 435 g/mol. The number of hydrogen-bond donors (Lipinski definition) is 1. The fourth-order valence-corrected chi connectivity index (χ4v) is 4.50. The van der Waals surface area contributed by atoms with Crippen LogP contribution in [0.2, 0.25) is 0 Å². The molecule has 1 atom stereocenters. The first kappa shape index (κ1) is 20.6. The molecule has 30 heavy (non-hydrogen) atoms. The molecule has 0 bridgehead atoms. The number of halogens is 3. The van der Waals surface area contributed by atoms with Crippen LogP contribution < -0.4 is 10.2 Å². The van der Waals surface area contributed by atoms with E-state index >= 15 is 0 Å². The van der Waals surface area contributed by atoms with Gasteiger partial charge in [-0.1, -0.05) is 6.07 Å². The smallest absolute Gasteiger partial charge is 0.368 e. The lowest BCUT2D eigenvalue weighted by Crippen LogP contribution is -2.48. The van der Waals surface area contributed by atoms with E-state index in [4.69, 9.17) is 0 Å². The Morgan fingerprint density at radius 1 is 1.10 bits per heavy atom. The van der Waals surface area contributed by atoms with Gasteiger partial charge in [-0.2, -0.15) is 13.2 Å². The maximum atomic E-state index is 13.0. The zero-order valence-corrected chi connectivity index (χ0v) is 17.0. The molecule has 9 heteroatoms. The monoisotopic (exact) mass is 435 g/mol. The van der Waals surface area contributed by atoms with E-state index in [-0.39, 0.29) is 17.1 Å². The lowest BCUT2D eigenvalue weighted by Gasteiger charge is -2.36. The summed E-state index contributed by atoms with van der Waals surface area (Å²) >= 11 is 1.45. The third-order valence-electron chi connectivity index (χ3n) is 5.26. The van der Waals surface area contributed by atoms with Crippen molar-refractivity contribution in [1.29, 1.82) is 0 Å². The second-order valence-electron chi connectivity index (χ2n) is 7.29. The van der Waals surface area contributed by atoms with Crippen molar-refractivity contribution in [2.24, 2.45) is 0 Å². The molecule has 4 rings (SSSR count). The van der Waals surface area contributed by atoms with E-state index in [0.29, 0.717) is 43.1 Å². The molecule has 2 aromatic rings. The molecular weight excluding hydrogens is 415 g/mol. The first-order valence-electron chi connectivity index (χ1n) is 9.55. The molecule has 5 nitrogen and oxygen atoms in total. The fraction of sp³-hybridized carbons (Fsp3) is 0.333. The summed E-state index contributed by atoms with van der Waals surface area (Å²) in [5.41, 5.74) is 0.939. The Morgan fingerprint density at radius 2 is 1.83 bits per heavy atom. The van der Waals surface area contributed by atoms with Crippen molar-refractivity contribution < 1.29 is 22.8 Å². The SMILES string of the molecule is CC1Sc2ccc(C(=O)N3CCN(c4cccc(C(F)(F)F)c4)CC3)cc2NC1=O. The highest BCUT2D eigenvalue weighted by atomic mass is 32.2. The lowest BCUT2D eigenvalue weighted by atomic mass is 10.1. The number of benzene rings is 2. The minimum atomic E-state index is -4.38. The summed E-state index contributed by atoms with van der Waals surface area (Å²) < 4.78 is 38.9. The number of carbonyl (C=O) groups is 2. The minimum absolute atomic E-state index is 0.0909. The molecule has 2 aliphatic heterocycles. The molecule has 1 N–H and O–H groups in total. The maximum Gasteiger partial charge on any atom is 0.416 e. The summed E-state index contributed by atoms with van der Waals surface area (Å²) in [5, 5.41) is 2.65. The lowest BCUT2D eigenvalue weighted by molar-refractivity contribution is -0.137. The summed E-state index contributed by atoms with van der Waals surface area (Å²) in [7, 11) is 0. The number of alkyl halides is 3. The molecule has 0 aromatic heterocycles. The van der Waals surface area contributed by atoms with Crippen LogP contribution >= 0.6 is 11.8 Å². The molecule has 1 saturated heterocycles. The molecule has 2 aromatic carbocycles. The Balaban J connectivity index is 1.43. The van der Waals surface area contributed by atoms with Gasteiger partial charge >= 0.3 is 6.18 Å². The van der Waals surface area contributed by atoms with Gasteiger partial charge in [-0.05, 0) is 43.3 Å². The van der Waals surface area contributed by atoms with Crippen molar-refractivity contribution in [1.82, 2.24) is 4.90 Å². The number of nitrogens with zero attached hydrogens (tertiary/aromatic N) is 2. The van der Waals surface area contributed by atoms with E-state index in [0.717, 1.165) is 17.0 Å². The van der Waals surface area contributed by atoms with Gasteiger partial charge in [0.1, 0.15) is 0 Å². The van der Waals surface area contributed by atoms with Crippen LogP contribution in [0.15, 0.2) is 47.4 Å². The third kappa shape index (κ3) is 4.12. The van der Waals surface area contributed by atoms with E-state index in [9.17, 15) is 22.8 Å². The second kappa shape index (κ2) is 7.86. The van der Waals surface area contributed by atoms with Crippen LogP contribution in [0.5, 0.6) is 0 Å². The number of hydrogen-bond acceptors (Lipinski definition) is 4. The summed E-state index contributed by atoms with van der Waals surface area (Å²) in [6, 6.07) is 10.5.